The third kappa shape index (κ3) is 2.37. The van der Waals surface area contributed by atoms with Crippen LogP contribution in [0, 0.1) is 5.92 Å². The fourth-order valence-electron chi connectivity index (χ4n) is 1.68. The average Bonchev–Trinajstić information content (AvgIpc) is 3.01. The summed E-state index contributed by atoms with van der Waals surface area (Å²) in [5.74, 6) is 2.11. The standard InChI is InChI=1S/C11H17N3O/c1-11(2,8-4-5-8)14-10-12-6-9(15-3)7-13-10/h6-8H,4-5H2,1-3H3,(H,12,13,14). The lowest BCUT2D eigenvalue weighted by molar-refractivity contribution is 0.410. The normalized spacial score (nSPS) is 16.2. The summed E-state index contributed by atoms with van der Waals surface area (Å²) in [7, 11) is 1.61. The molecule has 15 heavy (non-hydrogen) atoms. The Balaban J connectivity index is 2.03. The highest BCUT2D eigenvalue weighted by Crippen LogP contribution is 2.40. The number of anilines is 1. The molecule has 0 aromatic carbocycles. The van der Waals surface area contributed by atoms with Gasteiger partial charge in [0.1, 0.15) is 0 Å². The van der Waals surface area contributed by atoms with E-state index in [0.29, 0.717) is 11.7 Å². The molecule has 82 valence electrons. The summed E-state index contributed by atoms with van der Waals surface area (Å²) in [6, 6.07) is 0. The van der Waals surface area contributed by atoms with Gasteiger partial charge in [-0.2, -0.15) is 0 Å². The molecule has 1 aliphatic carbocycles. The number of hydrogen-bond donors (Lipinski definition) is 1. The summed E-state index contributed by atoms with van der Waals surface area (Å²) in [5, 5.41) is 3.35. The highest BCUT2D eigenvalue weighted by Gasteiger charge is 2.38. The van der Waals surface area contributed by atoms with Gasteiger partial charge in [-0.25, -0.2) is 9.97 Å². The van der Waals surface area contributed by atoms with Crippen molar-refractivity contribution in [2.45, 2.75) is 32.2 Å². The summed E-state index contributed by atoms with van der Waals surface area (Å²) >= 11 is 0. The predicted octanol–water partition coefficient (Wildman–Crippen LogP) is 2.09. The van der Waals surface area contributed by atoms with Crippen LogP contribution in [0.3, 0.4) is 0 Å². The van der Waals surface area contributed by atoms with E-state index in [1.807, 2.05) is 0 Å². The van der Waals surface area contributed by atoms with E-state index < -0.39 is 0 Å². The van der Waals surface area contributed by atoms with Gasteiger partial charge >= 0.3 is 0 Å². The maximum Gasteiger partial charge on any atom is 0.223 e. The van der Waals surface area contributed by atoms with Crippen molar-refractivity contribution in [3.05, 3.63) is 12.4 Å². The molecule has 0 amide bonds. The van der Waals surface area contributed by atoms with Gasteiger partial charge in [0.15, 0.2) is 5.75 Å². The maximum absolute atomic E-state index is 5.01. The zero-order chi connectivity index (χ0) is 10.9. The number of nitrogens with one attached hydrogen (secondary N) is 1. The summed E-state index contributed by atoms with van der Waals surface area (Å²) in [4.78, 5) is 8.40. The zero-order valence-corrected chi connectivity index (χ0v) is 9.45. The van der Waals surface area contributed by atoms with Crippen LogP contribution in [0.5, 0.6) is 5.75 Å². The molecule has 0 spiro atoms. The summed E-state index contributed by atoms with van der Waals surface area (Å²) in [5.41, 5.74) is 0.0919. The third-order valence-corrected chi connectivity index (χ3v) is 2.90. The Kier molecular flexibility index (Phi) is 2.50. The van der Waals surface area contributed by atoms with Crippen LogP contribution in [0.15, 0.2) is 12.4 Å². The van der Waals surface area contributed by atoms with Crippen LogP contribution in [0.1, 0.15) is 26.7 Å². The van der Waals surface area contributed by atoms with Crippen LogP contribution in [0.25, 0.3) is 0 Å². The lowest BCUT2D eigenvalue weighted by atomic mass is 9.99. The molecule has 0 saturated heterocycles. The van der Waals surface area contributed by atoms with Crippen LogP contribution < -0.4 is 10.1 Å². The Morgan fingerprint density at radius 2 is 1.93 bits per heavy atom. The van der Waals surface area contributed by atoms with Gasteiger partial charge in [0.05, 0.1) is 19.5 Å². The minimum Gasteiger partial charge on any atom is -0.494 e. The summed E-state index contributed by atoms with van der Waals surface area (Å²) < 4.78 is 5.01. The van der Waals surface area contributed by atoms with Gasteiger partial charge in [-0.15, -0.1) is 0 Å². The molecule has 0 bridgehead atoms. The zero-order valence-electron chi connectivity index (χ0n) is 9.45. The van der Waals surface area contributed by atoms with E-state index in [4.69, 9.17) is 4.74 Å². The quantitative estimate of drug-likeness (QED) is 0.821. The van der Waals surface area contributed by atoms with Crippen molar-refractivity contribution in [3.8, 4) is 5.75 Å². The fourth-order valence-corrected chi connectivity index (χ4v) is 1.68. The Hall–Kier alpha value is -1.32. The second kappa shape index (κ2) is 3.68. The van der Waals surface area contributed by atoms with E-state index >= 15 is 0 Å². The van der Waals surface area contributed by atoms with Gasteiger partial charge < -0.3 is 10.1 Å². The molecule has 0 aliphatic heterocycles. The first-order chi connectivity index (χ1) is 7.12. The number of hydrogen-bond acceptors (Lipinski definition) is 4. The maximum atomic E-state index is 5.01. The van der Waals surface area contributed by atoms with E-state index in [1.165, 1.54) is 12.8 Å². The number of ether oxygens (including phenoxy) is 1. The molecule has 0 radical (unpaired) electrons. The predicted molar refractivity (Wildman–Crippen MR) is 59.0 cm³/mol. The lowest BCUT2D eigenvalue weighted by Crippen LogP contribution is -2.34. The first-order valence-electron chi connectivity index (χ1n) is 5.26. The molecule has 1 heterocycles. The number of methoxy groups -OCH3 is 1. The molecule has 1 aromatic heterocycles. The van der Waals surface area contributed by atoms with Crippen LogP contribution in [0.4, 0.5) is 5.95 Å². The van der Waals surface area contributed by atoms with Crippen molar-refractivity contribution < 1.29 is 4.74 Å². The Bertz CT molecular complexity index is 330. The fraction of sp³-hybridized carbons (Fsp3) is 0.636. The number of rotatable bonds is 4. The second-order valence-electron chi connectivity index (χ2n) is 4.57. The Morgan fingerprint density at radius 1 is 1.33 bits per heavy atom. The molecular weight excluding hydrogens is 190 g/mol. The summed E-state index contributed by atoms with van der Waals surface area (Å²) in [6.07, 6.45) is 5.96. The molecule has 4 nitrogen and oxygen atoms in total. The van der Waals surface area contributed by atoms with Crippen LogP contribution >= 0.6 is 0 Å². The van der Waals surface area contributed by atoms with Crippen LogP contribution in [-0.2, 0) is 0 Å². The second-order valence-corrected chi connectivity index (χ2v) is 4.57. The molecule has 1 N–H and O–H groups in total. The van der Waals surface area contributed by atoms with Crippen molar-refractivity contribution in [1.29, 1.82) is 0 Å². The van der Waals surface area contributed by atoms with E-state index in [2.05, 4.69) is 29.1 Å². The van der Waals surface area contributed by atoms with Crippen molar-refractivity contribution in [1.82, 2.24) is 9.97 Å². The average molecular weight is 207 g/mol. The molecule has 0 atom stereocenters. The molecule has 4 heteroatoms. The van der Waals surface area contributed by atoms with Crippen LogP contribution in [-0.4, -0.2) is 22.6 Å². The van der Waals surface area contributed by atoms with Crippen molar-refractivity contribution in [2.24, 2.45) is 5.92 Å². The lowest BCUT2D eigenvalue weighted by Gasteiger charge is -2.25. The van der Waals surface area contributed by atoms with Gasteiger partial charge in [-0.05, 0) is 32.6 Å². The molecule has 1 saturated carbocycles. The molecule has 2 rings (SSSR count). The molecular formula is C11H17N3O. The minimum atomic E-state index is 0.0919. The SMILES string of the molecule is COc1cnc(NC(C)(C)C2CC2)nc1. The van der Waals surface area contributed by atoms with Gasteiger partial charge in [0, 0.05) is 5.54 Å². The van der Waals surface area contributed by atoms with Crippen molar-refractivity contribution in [2.75, 3.05) is 12.4 Å². The highest BCUT2D eigenvalue weighted by molar-refractivity contribution is 5.31. The number of nitrogens with zero attached hydrogens (tertiary/aromatic N) is 2. The molecule has 1 fully saturated rings. The topological polar surface area (TPSA) is 47.0 Å². The van der Waals surface area contributed by atoms with Gasteiger partial charge in [0.2, 0.25) is 5.95 Å². The van der Waals surface area contributed by atoms with Gasteiger partial charge in [0.25, 0.3) is 0 Å². The highest BCUT2D eigenvalue weighted by atomic mass is 16.5. The van der Waals surface area contributed by atoms with Crippen LogP contribution in [0.2, 0.25) is 0 Å². The van der Waals surface area contributed by atoms with Crippen molar-refractivity contribution >= 4 is 5.95 Å². The smallest absolute Gasteiger partial charge is 0.223 e. The first kappa shape index (κ1) is 10.2. The van der Waals surface area contributed by atoms with E-state index in [0.717, 1.165) is 5.92 Å². The van der Waals surface area contributed by atoms with Gasteiger partial charge in [-0.3, -0.25) is 0 Å². The monoisotopic (exact) mass is 207 g/mol. The Labute approximate surface area is 90.1 Å². The van der Waals surface area contributed by atoms with E-state index in [-0.39, 0.29) is 5.54 Å². The van der Waals surface area contributed by atoms with E-state index in [1.54, 1.807) is 19.5 Å². The molecule has 1 aliphatic rings. The van der Waals surface area contributed by atoms with E-state index in [9.17, 15) is 0 Å². The minimum absolute atomic E-state index is 0.0919. The summed E-state index contributed by atoms with van der Waals surface area (Å²) in [6.45, 7) is 4.39. The first-order valence-corrected chi connectivity index (χ1v) is 5.26. The third-order valence-electron chi connectivity index (χ3n) is 2.90. The largest absolute Gasteiger partial charge is 0.494 e. The molecule has 0 unspecified atom stereocenters. The number of aromatic nitrogens is 2. The van der Waals surface area contributed by atoms with Gasteiger partial charge in [-0.1, -0.05) is 0 Å². The Morgan fingerprint density at radius 3 is 2.40 bits per heavy atom. The van der Waals surface area contributed by atoms with Crippen molar-refractivity contribution in [3.63, 3.8) is 0 Å². The molecule has 1 aromatic rings.